The molecule has 0 atom stereocenters. The van der Waals surface area contributed by atoms with E-state index in [1.807, 2.05) is 0 Å². The van der Waals surface area contributed by atoms with E-state index in [2.05, 4.69) is 5.32 Å². The number of carbonyl (C=O) groups excluding carboxylic acids is 1. The minimum Gasteiger partial charge on any atom is -0.480 e. The van der Waals surface area contributed by atoms with E-state index in [0.717, 1.165) is 0 Å². The van der Waals surface area contributed by atoms with Crippen LogP contribution in [-0.4, -0.2) is 33.7 Å². The molecule has 19 heavy (non-hydrogen) atoms. The summed E-state index contributed by atoms with van der Waals surface area (Å²) in [5.41, 5.74) is -0.611. The fourth-order valence-electron chi connectivity index (χ4n) is 2.22. The number of hydrogen-bond donors (Lipinski definition) is 3. The number of nitrogens with one attached hydrogen (secondary N) is 1. The molecule has 0 saturated heterocycles. The first kappa shape index (κ1) is 13.8. The van der Waals surface area contributed by atoms with Crippen molar-refractivity contribution >= 4 is 23.5 Å². The average molecular weight is 284 g/mol. The highest BCUT2D eigenvalue weighted by molar-refractivity contribution is 6.30. The Kier molecular flexibility index (Phi) is 3.78. The minimum atomic E-state index is -1.32. The van der Waals surface area contributed by atoms with Gasteiger partial charge in [0.15, 0.2) is 0 Å². The van der Waals surface area contributed by atoms with Gasteiger partial charge >= 0.3 is 5.97 Å². The zero-order valence-corrected chi connectivity index (χ0v) is 10.9. The molecule has 6 heteroatoms. The van der Waals surface area contributed by atoms with Gasteiger partial charge in [-0.1, -0.05) is 23.7 Å². The lowest BCUT2D eigenvalue weighted by Gasteiger charge is -2.42. The molecule has 1 amide bonds. The van der Waals surface area contributed by atoms with Crippen molar-refractivity contribution in [3.8, 4) is 0 Å². The molecule has 0 unspecified atom stereocenters. The van der Waals surface area contributed by atoms with E-state index in [1.165, 1.54) is 0 Å². The Balaban J connectivity index is 1.99. The number of amides is 1. The standard InChI is InChI=1S/C13H14ClNO4/c14-9-3-1-2-8(4-9)5-11(17)15-13(12(18)19)6-10(16)7-13/h1-4,10,16H,5-7H2,(H,15,17)(H,18,19). The molecule has 1 aliphatic carbocycles. The highest BCUT2D eigenvalue weighted by atomic mass is 35.5. The van der Waals surface area contributed by atoms with Gasteiger partial charge < -0.3 is 15.5 Å². The molecular formula is C13H14ClNO4. The normalized spacial score (nSPS) is 25.5. The van der Waals surface area contributed by atoms with Gasteiger partial charge in [0.2, 0.25) is 5.91 Å². The predicted molar refractivity (Wildman–Crippen MR) is 68.9 cm³/mol. The number of rotatable bonds is 4. The number of hydrogen-bond acceptors (Lipinski definition) is 3. The van der Waals surface area contributed by atoms with E-state index < -0.39 is 23.5 Å². The SMILES string of the molecule is O=C(Cc1cccc(Cl)c1)NC1(C(=O)O)CC(O)C1. The zero-order chi connectivity index (χ0) is 14.0. The number of carboxylic acids is 1. The highest BCUT2D eigenvalue weighted by Gasteiger charge is 2.51. The molecule has 1 aromatic carbocycles. The first-order valence-corrected chi connectivity index (χ1v) is 6.26. The van der Waals surface area contributed by atoms with Crippen LogP contribution >= 0.6 is 11.6 Å². The summed E-state index contributed by atoms with van der Waals surface area (Å²) in [7, 11) is 0. The molecule has 0 aliphatic heterocycles. The van der Waals surface area contributed by atoms with Gasteiger partial charge in [-0.05, 0) is 17.7 Å². The van der Waals surface area contributed by atoms with E-state index in [0.29, 0.717) is 10.6 Å². The molecule has 2 rings (SSSR count). The van der Waals surface area contributed by atoms with E-state index >= 15 is 0 Å². The van der Waals surface area contributed by atoms with Crippen LogP contribution in [0.5, 0.6) is 0 Å². The summed E-state index contributed by atoms with van der Waals surface area (Å²) in [4.78, 5) is 23.0. The Morgan fingerprint density at radius 2 is 2.11 bits per heavy atom. The van der Waals surface area contributed by atoms with Gasteiger partial charge in [0.25, 0.3) is 0 Å². The molecule has 1 fully saturated rings. The van der Waals surface area contributed by atoms with E-state index in [1.54, 1.807) is 24.3 Å². The van der Waals surface area contributed by atoms with Crippen LogP contribution in [0.1, 0.15) is 18.4 Å². The summed E-state index contributed by atoms with van der Waals surface area (Å²) < 4.78 is 0. The first-order chi connectivity index (χ1) is 8.91. The van der Waals surface area contributed by atoms with Gasteiger partial charge in [-0.25, -0.2) is 4.79 Å². The number of benzene rings is 1. The second kappa shape index (κ2) is 5.19. The van der Waals surface area contributed by atoms with Crippen LogP contribution < -0.4 is 5.32 Å². The molecular weight excluding hydrogens is 270 g/mol. The van der Waals surface area contributed by atoms with Crippen LogP contribution in [0.3, 0.4) is 0 Å². The van der Waals surface area contributed by atoms with Crippen molar-refractivity contribution in [2.75, 3.05) is 0 Å². The topological polar surface area (TPSA) is 86.6 Å². The third kappa shape index (κ3) is 3.05. The molecule has 1 aromatic rings. The summed E-state index contributed by atoms with van der Waals surface area (Å²) in [6, 6.07) is 6.83. The highest BCUT2D eigenvalue weighted by Crippen LogP contribution is 2.32. The van der Waals surface area contributed by atoms with Crippen molar-refractivity contribution in [3.63, 3.8) is 0 Å². The Labute approximate surface area is 115 Å². The summed E-state index contributed by atoms with van der Waals surface area (Å²) in [6.07, 6.45) is -0.513. The lowest BCUT2D eigenvalue weighted by atomic mass is 9.74. The third-order valence-corrected chi connectivity index (χ3v) is 3.45. The summed E-state index contributed by atoms with van der Waals surface area (Å²) in [5, 5.41) is 21.4. The van der Waals surface area contributed by atoms with Crippen molar-refractivity contribution in [3.05, 3.63) is 34.9 Å². The molecule has 1 saturated carbocycles. The van der Waals surface area contributed by atoms with Crippen LogP contribution in [0.4, 0.5) is 0 Å². The van der Waals surface area contributed by atoms with Crippen molar-refractivity contribution in [2.24, 2.45) is 0 Å². The Morgan fingerprint density at radius 3 is 2.63 bits per heavy atom. The minimum absolute atomic E-state index is 0.0453. The van der Waals surface area contributed by atoms with Crippen molar-refractivity contribution < 1.29 is 19.8 Å². The maximum atomic E-state index is 11.8. The Bertz CT molecular complexity index is 511. The molecule has 5 nitrogen and oxygen atoms in total. The number of aliphatic hydroxyl groups is 1. The molecule has 0 bridgehead atoms. The maximum Gasteiger partial charge on any atom is 0.329 e. The van der Waals surface area contributed by atoms with Gasteiger partial charge in [0.1, 0.15) is 5.54 Å². The molecule has 0 heterocycles. The van der Waals surface area contributed by atoms with Gasteiger partial charge in [0.05, 0.1) is 12.5 Å². The molecule has 0 spiro atoms. The predicted octanol–water partition coefficient (Wildman–Crippen LogP) is 0.977. The van der Waals surface area contributed by atoms with Crippen LogP contribution in [0.25, 0.3) is 0 Å². The summed E-state index contributed by atoms with van der Waals surface area (Å²) >= 11 is 5.81. The quantitative estimate of drug-likeness (QED) is 0.769. The van der Waals surface area contributed by atoms with Gasteiger partial charge in [-0.15, -0.1) is 0 Å². The van der Waals surface area contributed by atoms with Gasteiger partial charge in [0, 0.05) is 17.9 Å². The number of halogens is 1. The fraction of sp³-hybridized carbons (Fsp3) is 0.385. The van der Waals surface area contributed by atoms with Crippen LogP contribution in [0.15, 0.2) is 24.3 Å². The van der Waals surface area contributed by atoms with Gasteiger partial charge in [-0.2, -0.15) is 0 Å². The second-order valence-electron chi connectivity index (χ2n) is 4.80. The number of aliphatic carboxylic acids is 1. The lowest BCUT2D eigenvalue weighted by molar-refractivity contribution is -0.157. The van der Waals surface area contributed by atoms with Crippen LogP contribution in [-0.2, 0) is 16.0 Å². The maximum absolute atomic E-state index is 11.8. The molecule has 0 aromatic heterocycles. The van der Waals surface area contributed by atoms with Crippen LogP contribution in [0.2, 0.25) is 5.02 Å². The average Bonchev–Trinajstić information content (AvgIpc) is 2.26. The number of carboxylic acid groups (broad SMARTS) is 1. The number of aliphatic hydroxyl groups excluding tert-OH is 1. The zero-order valence-electron chi connectivity index (χ0n) is 10.1. The largest absolute Gasteiger partial charge is 0.480 e. The fourth-order valence-corrected chi connectivity index (χ4v) is 2.43. The summed E-state index contributed by atoms with van der Waals surface area (Å²) in [5.74, 6) is -1.51. The van der Waals surface area contributed by atoms with E-state index in [4.69, 9.17) is 16.7 Å². The first-order valence-electron chi connectivity index (χ1n) is 5.88. The number of carbonyl (C=O) groups is 2. The molecule has 102 valence electrons. The summed E-state index contributed by atoms with van der Waals surface area (Å²) in [6.45, 7) is 0. The Morgan fingerprint density at radius 1 is 1.42 bits per heavy atom. The lowest BCUT2D eigenvalue weighted by Crippen LogP contribution is -2.64. The smallest absolute Gasteiger partial charge is 0.329 e. The van der Waals surface area contributed by atoms with E-state index in [-0.39, 0.29) is 19.3 Å². The molecule has 1 aliphatic rings. The molecule has 0 radical (unpaired) electrons. The van der Waals surface area contributed by atoms with Crippen molar-refractivity contribution in [1.82, 2.24) is 5.32 Å². The van der Waals surface area contributed by atoms with E-state index in [9.17, 15) is 14.7 Å². The van der Waals surface area contributed by atoms with Crippen molar-refractivity contribution in [1.29, 1.82) is 0 Å². The van der Waals surface area contributed by atoms with Crippen LogP contribution in [0, 0.1) is 0 Å². The second-order valence-corrected chi connectivity index (χ2v) is 5.24. The van der Waals surface area contributed by atoms with Gasteiger partial charge in [-0.3, -0.25) is 4.79 Å². The monoisotopic (exact) mass is 283 g/mol. The van der Waals surface area contributed by atoms with Crippen molar-refractivity contribution in [2.45, 2.75) is 30.9 Å². The molecule has 3 N–H and O–H groups in total. The third-order valence-electron chi connectivity index (χ3n) is 3.21. The Hall–Kier alpha value is -1.59.